The lowest BCUT2D eigenvalue weighted by molar-refractivity contribution is -0.139. The average Bonchev–Trinajstić information content (AvgIpc) is 3.39. The van der Waals surface area contributed by atoms with E-state index in [9.17, 15) is 19.5 Å². The van der Waals surface area contributed by atoms with Crippen molar-refractivity contribution in [1.29, 1.82) is 0 Å². The molecule has 1 aromatic heterocycles. The average molecular weight is 552 g/mol. The molecule has 3 aromatic carbocycles. The maximum absolute atomic E-state index is 12.9. The first-order valence-electron chi connectivity index (χ1n) is 11.8. The molecule has 0 aliphatic heterocycles. The predicted molar refractivity (Wildman–Crippen MR) is 143 cm³/mol. The third-order valence-electron chi connectivity index (χ3n) is 5.84. The molecule has 0 saturated carbocycles. The van der Waals surface area contributed by atoms with E-state index in [1.165, 1.54) is 12.1 Å². The number of ketones is 1. The Morgan fingerprint density at radius 2 is 1.63 bits per heavy atom. The number of halogens is 2. The molecule has 0 unspecified atom stereocenters. The van der Waals surface area contributed by atoms with Crippen LogP contribution in [0.4, 0.5) is 0 Å². The summed E-state index contributed by atoms with van der Waals surface area (Å²) in [5.74, 6) is -1.02. The van der Waals surface area contributed by atoms with Gasteiger partial charge in [-0.3, -0.25) is 9.59 Å². The largest absolute Gasteiger partial charge is 0.480 e. The first-order valence-corrected chi connectivity index (χ1v) is 12.5. The lowest BCUT2D eigenvalue weighted by Crippen LogP contribution is -2.42. The van der Waals surface area contributed by atoms with E-state index in [-0.39, 0.29) is 34.2 Å². The Labute approximate surface area is 228 Å². The third kappa shape index (κ3) is 6.45. The maximum atomic E-state index is 12.9. The van der Waals surface area contributed by atoms with Crippen LogP contribution in [0.1, 0.15) is 44.6 Å². The molecule has 1 amide bonds. The fourth-order valence-electron chi connectivity index (χ4n) is 3.80. The number of aromatic nitrogens is 2. The molecular formula is C28H23Cl2N3O5. The van der Waals surface area contributed by atoms with E-state index in [1.807, 2.05) is 6.92 Å². The second-order valence-corrected chi connectivity index (χ2v) is 9.35. The smallest absolute Gasteiger partial charge is 0.326 e. The lowest BCUT2D eigenvalue weighted by Gasteiger charge is -2.16. The molecule has 1 heterocycles. The number of amides is 1. The molecule has 0 saturated heterocycles. The molecule has 0 aliphatic carbocycles. The Kier molecular flexibility index (Phi) is 8.55. The van der Waals surface area contributed by atoms with Gasteiger partial charge in [0, 0.05) is 30.4 Å². The normalized spacial score (nSPS) is 11.7. The van der Waals surface area contributed by atoms with Crippen molar-refractivity contribution in [3.8, 4) is 11.5 Å². The van der Waals surface area contributed by atoms with Crippen LogP contribution in [0.25, 0.3) is 11.5 Å². The maximum Gasteiger partial charge on any atom is 0.326 e. The van der Waals surface area contributed by atoms with Gasteiger partial charge in [0.15, 0.2) is 11.6 Å². The van der Waals surface area contributed by atoms with Gasteiger partial charge < -0.3 is 14.9 Å². The number of carboxylic acid groups (broad SMARTS) is 1. The van der Waals surface area contributed by atoms with Crippen molar-refractivity contribution in [1.82, 2.24) is 15.5 Å². The summed E-state index contributed by atoms with van der Waals surface area (Å²) >= 11 is 12.1. The van der Waals surface area contributed by atoms with E-state index in [0.717, 1.165) is 5.56 Å². The van der Waals surface area contributed by atoms with Crippen LogP contribution in [0, 0.1) is 0 Å². The van der Waals surface area contributed by atoms with Gasteiger partial charge in [0.2, 0.25) is 0 Å². The molecule has 0 aliphatic rings. The minimum atomic E-state index is -1.21. The molecule has 2 N–H and O–H groups in total. The van der Waals surface area contributed by atoms with E-state index in [4.69, 9.17) is 27.7 Å². The van der Waals surface area contributed by atoms with Gasteiger partial charge in [-0.1, -0.05) is 77.7 Å². The molecule has 1 atom stereocenters. The number of carbonyl (C=O) groups excluding carboxylic acids is 2. The summed E-state index contributed by atoms with van der Waals surface area (Å²) in [5, 5.41) is 16.3. The second kappa shape index (κ2) is 12.0. The van der Waals surface area contributed by atoms with E-state index in [1.54, 1.807) is 54.6 Å². The number of hydrogen-bond donors (Lipinski definition) is 2. The topological polar surface area (TPSA) is 122 Å². The van der Waals surface area contributed by atoms with Crippen LogP contribution in [0.2, 0.25) is 10.0 Å². The van der Waals surface area contributed by atoms with Crippen molar-refractivity contribution in [2.24, 2.45) is 0 Å². The molecule has 4 rings (SSSR count). The predicted octanol–water partition coefficient (Wildman–Crippen LogP) is 5.46. The Morgan fingerprint density at radius 3 is 2.26 bits per heavy atom. The van der Waals surface area contributed by atoms with Crippen LogP contribution in [0.15, 0.2) is 71.3 Å². The van der Waals surface area contributed by atoms with Crippen molar-refractivity contribution < 1.29 is 24.0 Å². The molecule has 0 fully saturated rings. The lowest BCUT2D eigenvalue weighted by atomic mass is 9.98. The Hall–Kier alpha value is -4.01. The summed E-state index contributed by atoms with van der Waals surface area (Å²) in [5.41, 5.74) is 2.62. The van der Waals surface area contributed by atoms with Gasteiger partial charge in [0.25, 0.3) is 11.8 Å². The van der Waals surface area contributed by atoms with Gasteiger partial charge in [-0.2, -0.15) is 4.98 Å². The summed E-state index contributed by atoms with van der Waals surface area (Å²) in [6, 6.07) is 17.4. The fourth-order valence-corrected chi connectivity index (χ4v) is 4.37. The van der Waals surface area contributed by atoms with Crippen LogP contribution in [-0.2, 0) is 24.1 Å². The molecule has 0 bridgehead atoms. The Bertz CT molecular complexity index is 1460. The highest BCUT2D eigenvalue weighted by Gasteiger charge is 2.24. The standard InChI is InChI=1S/C28H23Cl2N3O5/c1-2-24-32-27(38-33-24)19-6-3-5-18(15-19)23(34)14-17-11-9-16(10-12-17)13-22(28(36)37)31-26(35)25-20(29)7-4-8-21(25)30/h3-12,15,22H,2,13-14H2,1H3,(H,31,35)(H,36,37)/t22-/m0/s1. The number of nitrogens with zero attached hydrogens (tertiary/aromatic N) is 2. The van der Waals surface area contributed by atoms with Gasteiger partial charge in [-0.25, -0.2) is 4.79 Å². The number of benzene rings is 3. The number of aliphatic carboxylic acids is 1. The highest BCUT2D eigenvalue weighted by molar-refractivity contribution is 6.39. The van der Waals surface area contributed by atoms with Gasteiger partial charge >= 0.3 is 5.97 Å². The number of carboxylic acids is 1. The first kappa shape index (κ1) is 27.0. The number of Topliss-reactive ketones (excluding diaryl/α,β-unsaturated/α-hetero) is 1. The highest BCUT2D eigenvalue weighted by atomic mass is 35.5. The summed E-state index contributed by atoms with van der Waals surface area (Å²) in [6.07, 6.45) is 0.828. The molecule has 10 heteroatoms. The van der Waals surface area contributed by atoms with E-state index >= 15 is 0 Å². The zero-order valence-electron chi connectivity index (χ0n) is 20.3. The number of rotatable bonds is 10. The molecule has 0 spiro atoms. The molecular weight excluding hydrogens is 529 g/mol. The van der Waals surface area contributed by atoms with Crippen molar-refractivity contribution in [2.45, 2.75) is 32.2 Å². The van der Waals surface area contributed by atoms with Crippen LogP contribution < -0.4 is 5.32 Å². The summed E-state index contributed by atoms with van der Waals surface area (Å²) in [7, 11) is 0. The van der Waals surface area contributed by atoms with Crippen molar-refractivity contribution in [3.63, 3.8) is 0 Å². The zero-order valence-corrected chi connectivity index (χ0v) is 21.8. The van der Waals surface area contributed by atoms with Crippen molar-refractivity contribution >= 4 is 40.9 Å². The third-order valence-corrected chi connectivity index (χ3v) is 6.47. The SMILES string of the molecule is CCc1noc(-c2cccc(C(=O)Cc3ccc(C[C@H](NC(=O)c4c(Cl)cccc4Cl)C(=O)O)cc3)c2)n1. The van der Waals surface area contributed by atoms with Crippen LogP contribution >= 0.6 is 23.2 Å². The number of hydrogen-bond acceptors (Lipinski definition) is 6. The Balaban J connectivity index is 1.41. The molecule has 0 radical (unpaired) electrons. The second-order valence-electron chi connectivity index (χ2n) is 8.53. The van der Waals surface area contributed by atoms with E-state index < -0.39 is 17.9 Å². The minimum Gasteiger partial charge on any atom is -0.480 e. The monoisotopic (exact) mass is 551 g/mol. The van der Waals surface area contributed by atoms with Crippen molar-refractivity contribution in [2.75, 3.05) is 0 Å². The van der Waals surface area contributed by atoms with Gasteiger partial charge in [-0.15, -0.1) is 0 Å². The molecule has 4 aromatic rings. The van der Waals surface area contributed by atoms with E-state index in [0.29, 0.717) is 34.8 Å². The van der Waals surface area contributed by atoms with E-state index in [2.05, 4.69) is 15.5 Å². The van der Waals surface area contributed by atoms with Gasteiger partial charge in [0.05, 0.1) is 15.6 Å². The zero-order chi connectivity index (χ0) is 27.2. The Morgan fingerprint density at radius 1 is 0.974 bits per heavy atom. The van der Waals surface area contributed by atoms with Gasteiger partial charge in [-0.05, 0) is 35.4 Å². The highest BCUT2D eigenvalue weighted by Crippen LogP contribution is 2.24. The summed E-state index contributed by atoms with van der Waals surface area (Å²) < 4.78 is 5.26. The summed E-state index contributed by atoms with van der Waals surface area (Å²) in [4.78, 5) is 41.7. The molecule has 38 heavy (non-hydrogen) atoms. The van der Waals surface area contributed by atoms with Crippen LogP contribution in [0.5, 0.6) is 0 Å². The van der Waals surface area contributed by atoms with Crippen LogP contribution in [-0.4, -0.2) is 38.9 Å². The summed E-state index contributed by atoms with van der Waals surface area (Å²) in [6.45, 7) is 1.93. The quantitative estimate of drug-likeness (QED) is 0.251. The minimum absolute atomic E-state index is 0.0184. The fraction of sp³-hybridized carbons (Fsp3) is 0.179. The number of aryl methyl sites for hydroxylation is 1. The first-order chi connectivity index (χ1) is 18.2. The molecule has 194 valence electrons. The number of carbonyl (C=O) groups is 3. The number of nitrogens with one attached hydrogen (secondary N) is 1. The van der Waals surface area contributed by atoms with Crippen LogP contribution in [0.3, 0.4) is 0 Å². The van der Waals surface area contributed by atoms with Gasteiger partial charge in [0.1, 0.15) is 6.04 Å². The van der Waals surface area contributed by atoms with Crippen molar-refractivity contribution in [3.05, 3.63) is 105 Å². The molecule has 8 nitrogen and oxygen atoms in total.